The van der Waals surface area contributed by atoms with Crippen molar-refractivity contribution in [3.05, 3.63) is 23.8 Å². The lowest BCUT2D eigenvalue weighted by Gasteiger charge is -2.25. The van der Waals surface area contributed by atoms with Crippen LogP contribution >= 0.6 is 0 Å². The highest BCUT2D eigenvalue weighted by molar-refractivity contribution is 5.95. The highest BCUT2D eigenvalue weighted by Gasteiger charge is 2.40. The van der Waals surface area contributed by atoms with Gasteiger partial charge in [-0.1, -0.05) is 0 Å². The standard InChI is InChI=1S/C20H28N2O4/c1-4-25-17-7-6-13(10-18(17)26-5-2)20(24)22(3)16-8-14-11-19(23)21-12-15(14)9-16/h6-7,10,14-16H,4-5,8-9,11-12H2,1-3H3,(H,21,23)/t14-,15-,16?/m1/s1. The van der Waals surface area contributed by atoms with Crippen LogP contribution in [0.25, 0.3) is 0 Å². The van der Waals surface area contributed by atoms with Crippen LogP contribution in [0.2, 0.25) is 0 Å². The molecule has 6 nitrogen and oxygen atoms in total. The van der Waals surface area contributed by atoms with Gasteiger partial charge in [-0.2, -0.15) is 0 Å². The first-order chi connectivity index (χ1) is 12.5. The molecule has 2 aliphatic rings. The highest BCUT2D eigenvalue weighted by Crippen LogP contribution is 2.38. The number of ether oxygens (including phenoxy) is 2. The molecule has 1 aliphatic heterocycles. The minimum atomic E-state index is -0.0167. The number of hydrogen-bond acceptors (Lipinski definition) is 4. The third kappa shape index (κ3) is 3.79. The molecule has 1 aliphatic carbocycles. The number of rotatable bonds is 6. The second kappa shape index (κ2) is 7.98. The quantitative estimate of drug-likeness (QED) is 0.846. The molecule has 1 heterocycles. The maximum atomic E-state index is 13.0. The number of amides is 2. The maximum Gasteiger partial charge on any atom is 0.253 e. The van der Waals surface area contributed by atoms with Crippen LogP contribution in [0.5, 0.6) is 11.5 Å². The van der Waals surface area contributed by atoms with Gasteiger partial charge < -0.3 is 19.7 Å². The van der Waals surface area contributed by atoms with Gasteiger partial charge in [0.15, 0.2) is 11.5 Å². The zero-order chi connectivity index (χ0) is 18.7. The van der Waals surface area contributed by atoms with Gasteiger partial charge in [-0.25, -0.2) is 0 Å². The van der Waals surface area contributed by atoms with E-state index >= 15 is 0 Å². The summed E-state index contributed by atoms with van der Waals surface area (Å²) in [6.07, 6.45) is 2.43. The molecular weight excluding hydrogens is 332 g/mol. The molecule has 2 amide bonds. The molecule has 2 fully saturated rings. The fraction of sp³-hybridized carbons (Fsp3) is 0.600. The topological polar surface area (TPSA) is 67.9 Å². The van der Waals surface area contributed by atoms with Crippen LogP contribution in [0.1, 0.15) is 43.5 Å². The van der Waals surface area contributed by atoms with Gasteiger partial charge in [0.05, 0.1) is 13.2 Å². The molecule has 26 heavy (non-hydrogen) atoms. The molecule has 0 aromatic heterocycles. The van der Waals surface area contributed by atoms with Crippen molar-refractivity contribution in [3.8, 4) is 11.5 Å². The number of benzene rings is 1. The number of fused-ring (bicyclic) bond motifs is 1. The van der Waals surface area contributed by atoms with Crippen LogP contribution in [0, 0.1) is 11.8 Å². The van der Waals surface area contributed by atoms with E-state index in [2.05, 4.69) is 5.32 Å². The van der Waals surface area contributed by atoms with Gasteiger partial charge in [0.1, 0.15) is 0 Å². The van der Waals surface area contributed by atoms with Gasteiger partial charge >= 0.3 is 0 Å². The van der Waals surface area contributed by atoms with Crippen molar-refractivity contribution in [2.24, 2.45) is 11.8 Å². The Labute approximate surface area is 154 Å². The summed E-state index contributed by atoms with van der Waals surface area (Å²) >= 11 is 0. The molecule has 1 N–H and O–H groups in total. The molecule has 0 bridgehead atoms. The van der Waals surface area contributed by atoms with Crippen molar-refractivity contribution in [2.45, 2.75) is 39.2 Å². The largest absolute Gasteiger partial charge is 0.490 e. The van der Waals surface area contributed by atoms with E-state index < -0.39 is 0 Å². The van der Waals surface area contributed by atoms with Crippen molar-refractivity contribution >= 4 is 11.8 Å². The van der Waals surface area contributed by atoms with Gasteiger partial charge in [0.25, 0.3) is 5.91 Å². The predicted molar refractivity (Wildman–Crippen MR) is 98.5 cm³/mol. The molecule has 1 aromatic carbocycles. The molecule has 1 unspecified atom stereocenters. The molecule has 3 rings (SSSR count). The summed E-state index contributed by atoms with van der Waals surface area (Å²) in [5.41, 5.74) is 0.600. The van der Waals surface area contributed by atoms with Crippen LogP contribution < -0.4 is 14.8 Å². The fourth-order valence-corrected chi connectivity index (χ4v) is 4.11. The number of carbonyl (C=O) groups excluding carboxylic acids is 2. The Morgan fingerprint density at radius 3 is 2.58 bits per heavy atom. The van der Waals surface area contributed by atoms with Gasteiger partial charge in [-0.3, -0.25) is 9.59 Å². The Kier molecular flexibility index (Phi) is 5.69. The summed E-state index contributed by atoms with van der Waals surface area (Å²) < 4.78 is 11.2. The van der Waals surface area contributed by atoms with Crippen molar-refractivity contribution < 1.29 is 19.1 Å². The molecular formula is C20H28N2O4. The minimum absolute atomic E-state index is 0.0167. The Bertz CT molecular complexity index is 676. The third-order valence-electron chi connectivity index (χ3n) is 5.48. The van der Waals surface area contributed by atoms with Crippen LogP contribution in [0.3, 0.4) is 0 Å². The average molecular weight is 360 g/mol. The lowest BCUT2D eigenvalue weighted by atomic mass is 9.89. The average Bonchev–Trinajstić information content (AvgIpc) is 3.05. The summed E-state index contributed by atoms with van der Waals surface area (Å²) in [6.45, 7) is 5.62. The second-order valence-corrected chi connectivity index (χ2v) is 7.10. The SMILES string of the molecule is CCOc1ccc(C(=O)N(C)C2C[C@@H]3CNC(=O)C[C@H]3C2)cc1OCC. The van der Waals surface area contributed by atoms with E-state index in [1.807, 2.05) is 25.8 Å². The lowest BCUT2D eigenvalue weighted by molar-refractivity contribution is -0.124. The summed E-state index contributed by atoms with van der Waals surface area (Å²) in [7, 11) is 1.86. The lowest BCUT2D eigenvalue weighted by Crippen LogP contribution is -2.38. The highest BCUT2D eigenvalue weighted by atomic mass is 16.5. The Hall–Kier alpha value is -2.24. The van der Waals surface area contributed by atoms with E-state index in [0.717, 1.165) is 19.4 Å². The predicted octanol–water partition coefficient (Wildman–Crippen LogP) is 2.47. The normalized spacial score (nSPS) is 24.6. The van der Waals surface area contributed by atoms with Gasteiger partial charge in [-0.15, -0.1) is 0 Å². The zero-order valence-corrected chi connectivity index (χ0v) is 15.8. The molecule has 1 saturated heterocycles. The number of nitrogens with one attached hydrogen (secondary N) is 1. The number of hydrogen-bond donors (Lipinski definition) is 1. The summed E-state index contributed by atoms with van der Waals surface area (Å²) in [5.74, 6) is 2.25. The van der Waals surface area contributed by atoms with Crippen molar-refractivity contribution in [1.82, 2.24) is 10.2 Å². The van der Waals surface area contributed by atoms with Gasteiger partial charge in [-0.05, 0) is 56.7 Å². The van der Waals surface area contributed by atoms with Crippen LogP contribution in [0.15, 0.2) is 18.2 Å². The molecule has 3 atom stereocenters. The van der Waals surface area contributed by atoms with Crippen molar-refractivity contribution in [2.75, 3.05) is 26.8 Å². The number of nitrogens with zero attached hydrogens (tertiary/aromatic N) is 1. The molecule has 142 valence electrons. The summed E-state index contributed by atoms with van der Waals surface area (Å²) in [4.78, 5) is 26.4. The first kappa shape index (κ1) is 18.5. The Balaban J connectivity index is 1.72. The first-order valence-corrected chi connectivity index (χ1v) is 9.47. The van der Waals surface area contributed by atoms with Crippen molar-refractivity contribution in [1.29, 1.82) is 0 Å². The van der Waals surface area contributed by atoms with Gasteiger partial charge in [0, 0.05) is 31.6 Å². The summed E-state index contributed by atoms with van der Waals surface area (Å²) in [5, 5.41) is 2.94. The third-order valence-corrected chi connectivity index (χ3v) is 5.48. The molecule has 6 heteroatoms. The van der Waals surface area contributed by atoms with E-state index in [1.54, 1.807) is 18.2 Å². The van der Waals surface area contributed by atoms with E-state index in [4.69, 9.17) is 9.47 Å². The summed E-state index contributed by atoms with van der Waals surface area (Å²) in [6, 6.07) is 5.53. The smallest absolute Gasteiger partial charge is 0.253 e. The molecule has 1 saturated carbocycles. The van der Waals surface area contributed by atoms with Crippen LogP contribution in [-0.4, -0.2) is 49.6 Å². The van der Waals surface area contributed by atoms with E-state index in [1.165, 1.54) is 0 Å². The van der Waals surface area contributed by atoms with Crippen LogP contribution in [0.4, 0.5) is 0 Å². The van der Waals surface area contributed by atoms with E-state index in [9.17, 15) is 9.59 Å². The fourth-order valence-electron chi connectivity index (χ4n) is 4.11. The molecule has 0 spiro atoms. The Morgan fingerprint density at radius 1 is 1.15 bits per heavy atom. The Morgan fingerprint density at radius 2 is 1.85 bits per heavy atom. The maximum absolute atomic E-state index is 13.0. The minimum Gasteiger partial charge on any atom is -0.490 e. The second-order valence-electron chi connectivity index (χ2n) is 7.10. The zero-order valence-electron chi connectivity index (χ0n) is 15.8. The number of piperidine rings is 1. The number of carbonyl (C=O) groups is 2. The molecule has 0 radical (unpaired) electrons. The van der Waals surface area contributed by atoms with E-state index in [-0.39, 0.29) is 17.9 Å². The van der Waals surface area contributed by atoms with E-state index in [0.29, 0.717) is 48.5 Å². The monoisotopic (exact) mass is 360 g/mol. The molecule has 1 aromatic rings. The van der Waals surface area contributed by atoms with Gasteiger partial charge in [0.2, 0.25) is 5.91 Å². The van der Waals surface area contributed by atoms with Crippen LogP contribution in [-0.2, 0) is 4.79 Å². The first-order valence-electron chi connectivity index (χ1n) is 9.47. The van der Waals surface area contributed by atoms with Crippen molar-refractivity contribution in [3.63, 3.8) is 0 Å².